The number of benzene rings is 1. The van der Waals surface area contributed by atoms with Crippen LogP contribution in [0.5, 0.6) is 0 Å². The number of aromatic nitrogens is 1. The molecule has 1 fully saturated rings. The number of likely N-dealkylation sites (N-methyl/N-ethyl adjacent to an activating group) is 1. The van der Waals surface area contributed by atoms with Crippen LogP contribution in [0.3, 0.4) is 0 Å². The van der Waals surface area contributed by atoms with Gasteiger partial charge in [-0.15, -0.1) is 5.92 Å². The highest BCUT2D eigenvalue weighted by atomic mass is 16.2. The van der Waals surface area contributed by atoms with Crippen LogP contribution in [-0.2, 0) is 10.3 Å². The second-order valence-corrected chi connectivity index (χ2v) is 6.79. The number of nitrogens with two attached hydrogens (primary N) is 1. The summed E-state index contributed by atoms with van der Waals surface area (Å²) >= 11 is 0. The van der Waals surface area contributed by atoms with Crippen molar-refractivity contribution < 1.29 is 4.79 Å². The lowest BCUT2D eigenvalue weighted by Crippen LogP contribution is -2.41. The van der Waals surface area contributed by atoms with E-state index in [0.29, 0.717) is 0 Å². The molecule has 1 amide bonds. The van der Waals surface area contributed by atoms with Crippen molar-refractivity contribution in [2.45, 2.75) is 25.3 Å². The summed E-state index contributed by atoms with van der Waals surface area (Å²) in [7, 11) is 1.69. The van der Waals surface area contributed by atoms with Crippen molar-refractivity contribution in [3.63, 3.8) is 0 Å². The molecule has 1 unspecified atom stereocenters. The summed E-state index contributed by atoms with van der Waals surface area (Å²) in [6, 6.07) is 9.99. The molecule has 0 bridgehead atoms. The molecule has 2 N–H and O–H groups in total. The molecule has 2 aliphatic rings. The molecule has 1 aliphatic heterocycles. The van der Waals surface area contributed by atoms with E-state index in [-0.39, 0.29) is 17.8 Å². The monoisotopic (exact) mass is 344 g/mol. The Morgan fingerprint density at radius 2 is 2.04 bits per heavy atom. The Bertz CT molecular complexity index is 981. The smallest absolute Gasteiger partial charge is 0.261 e. The number of hydrogen-bond acceptors (Lipinski definition) is 4. The maximum absolute atomic E-state index is 13.0. The predicted molar refractivity (Wildman–Crippen MR) is 101 cm³/mol. The van der Waals surface area contributed by atoms with Gasteiger partial charge < -0.3 is 5.73 Å². The predicted octanol–water partition coefficient (Wildman–Crippen LogP) is 2.51. The molecule has 1 aliphatic carbocycles. The maximum Gasteiger partial charge on any atom is 0.261 e. The van der Waals surface area contributed by atoms with Crippen molar-refractivity contribution in [2.24, 2.45) is 16.6 Å². The Hall–Kier alpha value is -3.13. The standard InChI is InChI=1S/C21H20N4O/c1-3-5-14-10-16(13-23-12-14)15-6-4-7-18(11-15)21(17-8-9-17)19(26)25(2)20(22)24-21/h4,6-7,10-13,17H,8-9H2,1-2H3,(H2,22,24). The van der Waals surface area contributed by atoms with Crippen LogP contribution in [0.25, 0.3) is 11.1 Å². The van der Waals surface area contributed by atoms with Gasteiger partial charge in [-0.2, -0.15) is 0 Å². The number of amides is 1. The Morgan fingerprint density at radius 1 is 1.23 bits per heavy atom. The molecule has 5 heteroatoms. The van der Waals surface area contributed by atoms with E-state index < -0.39 is 5.54 Å². The third kappa shape index (κ3) is 2.46. The van der Waals surface area contributed by atoms with Crippen molar-refractivity contribution in [1.29, 1.82) is 0 Å². The molecule has 0 radical (unpaired) electrons. The maximum atomic E-state index is 13.0. The van der Waals surface area contributed by atoms with E-state index >= 15 is 0 Å². The average Bonchev–Trinajstić information content (AvgIpc) is 3.48. The number of carbonyl (C=O) groups is 1. The van der Waals surface area contributed by atoms with Gasteiger partial charge in [0.1, 0.15) is 0 Å². The Labute approximate surface area is 153 Å². The largest absolute Gasteiger partial charge is 0.369 e. The van der Waals surface area contributed by atoms with Crippen LogP contribution >= 0.6 is 0 Å². The minimum absolute atomic E-state index is 0.0432. The molecule has 1 atom stereocenters. The van der Waals surface area contributed by atoms with Gasteiger partial charge in [0.15, 0.2) is 11.5 Å². The van der Waals surface area contributed by atoms with E-state index in [9.17, 15) is 4.79 Å². The van der Waals surface area contributed by atoms with Crippen LogP contribution < -0.4 is 5.73 Å². The lowest BCUT2D eigenvalue weighted by atomic mass is 9.83. The summed E-state index contributed by atoms with van der Waals surface area (Å²) in [5.41, 5.74) is 8.81. The molecule has 2 aromatic rings. The van der Waals surface area contributed by atoms with Gasteiger partial charge in [-0.1, -0.05) is 24.1 Å². The highest BCUT2D eigenvalue weighted by Crippen LogP contribution is 2.51. The number of rotatable bonds is 3. The average molecular weight is 344 g/mol. The fraction of sp³-hybridized carbons (Fsp3) is 0.286. The second kappa shape index (κ2) is 5.99. The number of carbonyl (C=O) groups excluding carboxylic acids is 1. The first-order valence-corrected chi connectivity index (χ1v) is 8.68. The first-order valence-electron chi connectivity index (χ1n) is 8.68. The molecule has 1 aromatic heterocycles. The molecule has 4 rings (SSSR count). The summed E-state index contributed by atoms with van der Waals surface area (Å²) in [4.78, 5) is 23.4. The normalized spacial score (nSPS) is 22.0. The molecule has 26 heavy (non-hydrogen) atoms. The molecule has 0 spiro atoms. The van der Waals surface area contributed by atoms with Crippen LogP contribution in [0.4, 0.5) is 0 Å². The Kier molecular flexibility index (Phi) is 3.77. The highest BCUT2D eigenvalue weighted by Gasteiger charge is 2.57. The first kappa shape index (κ1) is 16.3. The lowest BCUT2D eigenvalue weighted by molar-refractivity contribution is -0.131. The summed E-state index contributed by atoms with van der Waals surface area (Å²) in [5.74, 6) is 6.38. The zero-order chi connectivity index (χ0) is 18.3. The minimum Gasteiger partial charge on any atom is -0.369 e. The van der Waals surface area contributed by atoms with Crippen molar-refractivity contribution in [3.8, 4) is 23.0 Å². The Morgan fingerprint density at radius 3 is 2.69 bits per heavy atom. The molecule has 1 saturated carbocycles. The van der Waals surface area contributed by atoms with Crippen molar-refractivity contribution in [3.05, 3.63) is 53.9 Å². The van der Waals surface area contributed by atoms with E-state index in [1.54, 1.807) is 20.2 Å². The van der Waals surface area contributed by atoms with Crippen LogP contribution in [-0.4, -0.2) is 28.8 Å². The molecule has 5 nitrogen and oxygen atoms in total. The summed E-state index contributed by atoms with van der Waals surface area (Å²) in [5, 5.41) is 0. The quantitative estimate of drug-likeness (QED) is 0.870. The van der Waals surface area contributed by atoms with Gasteiger partial charge in [-0.05, 0) is 48.9 Å². The third-order valence-corrected chi connectivity index (χ3v) is 5.08. The summed E-state index contributed by atoms with van der Waals surface area (Å²) in [6.45, 7) is 1.80. The molecule has 2 heterocycles. The van der Waals surface area contributed by atoms with Crippen LogP contribution in [0.2, 0.25) is 0 Å². The summed E-state index contributed by atoms with van der Waals surface area (Å²) in [6.07, 6.45) is 5.54. The van der Waals surface area contributed by atoms with Gasteiger partial charge in [-0.25, -0.2) is 4.99 Å². The van der Waals surface area contributed by atoms with E-state index in [2.05, 4.69) is 21.8 Å². The van der Waals surface area contributed by atoms with E-state index in [1.165, 1.54) is 4.90 Å². The fourth-order valence-corrected chi connectivity index (χ4v) is 3.60. The zero-order valence-electron chi connectivity index (χ0n) is 14.9. The van der Waals surface area contributed by atoms with Crippen molar-refractivity contribution in [2.75, 3.05) is 7.05 Å². The minimum atomic E-state index is -0.886. The molecular formula is C21H20N4O. The lowest BCUT2D eigenvalue weighted by Gasteiger charge is -2.25. The number of aliphatic imine (C=N–C) groups is 1. The van der Waals surface area contributed by atoms with Gasteiger partial charge in [0.05, 0.1) is 0 Å². The number of nitrogens with zero attached hydrogens (tertiary/aromatic N) is 3. The van der Waals surface area contributed by atoms with E-state index in [1.807, 2.05) is 36.5 Å². The molecule has 1 aromatic carbocycles. The third-order valence-electron chi connectivity index (χ3n) is 5.08. The zero-order valence-corrected chi connectivity index (χ0v) is 14.9. The van der Waals surface area contributed by atoms with E-state index in [0.717, 1.165) is 35.1 Å². The van der Waals surface area contributed by atoms with Gasteiger partial charge in [-0.3, -0.25) is 14.7 Å². The van der Waals surface area contributed by atoms with Crippen molar-refractivity contribution >= 4 is 11.9 Å². The van der Waals surface area contributed by atoms with Gasteiger partial charge in [0.25, 0.3) is 5.91 Å². The molecule has 0 saturated heterocycles. The topological polar surface area (TPSA) is 71.6 Å². The number of pyridine rings is 1. The summed E-state index contributed by atoms with van der Waals surface area (Å²) < 4.78 is 0. The molecular weight excluding hydrogens is 324 g/mol. The fourth-order valence-electron chi connectivity index (χ4n) is 3.60. The first-order chi connectivity index (χ1) is 12.6. The number of guanidine groups is 1. The highest BCUT2D eigenvalue weighted by molar-refractivity contribution is 6.07. The number of hydrogen-bond donors (Lipinski definition) is 1. The van der Waals surface area contributed by atoms with Crippen LogP contribution in [0, 0.1) is 17.8 Å². The molecule has 130 valence electrons. The second-order valence-electron chi connectivity index (χ2n) is 6.79. The van der Waals surface area contributed by atoms with Crippen LogP contribution in [0.15, 0.2) is 47.7 Å². The van der Waals surface area contributed by atoms with Crippen LogP contribution in [0.1, 0.15) is 30.9 Å². The van der Waals surface area contributed by atoms with Gasteiger partial charge >= 0.3 is 0 Å². The van der Waals surface area contributed by atoms with Crippen molar-refractivity contribution in [1.82, 2.24) is 9.88 Å². The Balaban J connectivity index is 1.82. The van der Waals surface area contributed by atoms with Gasteiger partial charge in [0, 0.05) is 30.6 Å². The van der Waals surface area contributed by atoms with Gasteiger partial charge in [0.2, 0.25) is 0 Å². The van der Waals surface area contributed by atoms with E-state index in [4.69, 9.17) is 5.73 Å². The SMILES string of the molecule is CC#Cc1cncc(-c2cccc(C3(C4CC4)N=C(N)N(C)C3=O)c2)c1.